The van der Waals surface area contributed by atoms with Crippen molar-refractivity contribution in [1.29, 1.82) is 0 Å². The second-order valence-electron chi connectivity index (χ2n) is 2.38. The first kappa shape index (κ1) is 10.7. The standard InChI is InChI=1S/C8H14N2.BrH/c1-3-5-10-7-6-9(4-2)8-10;/h6-7H,3-5H2,1-2H3;1H/q+1;/p-1. The Bertz CT molecular complexity index is 125. The van der Waals surface area contributed by atoms with Crippen molar-refractivity contribution in [2.45, 2.75) is 20.3 Å². The minimum atomic E-state index is 0. The molecule has 1 aliphatic heterocycles. The Morgan fingerprint density at radius 2 is 1.82 bits per heavy atom. The zero-order chi connectivity index (χ0) is 7.40. The van der Waals surface area contributed by atoms with Gasteiger partial charge in [0, 0.05) is 0 Å². The van der Waals surface area contributed by atoms with Gasteiger partial charge in [-0.1, -0.05) is 6.92 Å². The molecule has 0 fully saturated rings. The first-order chi connectivity index (χ1) is 4.86. The lowest BCUT2D eigenvalue weighted by Crippen LogP contribution is -3.00. The zero-order valence-electron chi connectivity index (χ0n) is 7.05. The van der Waals surface area contributed by atoms with Gasteiger partial charge >= 0.3 is 6.67 Å². The summed E-state index contributed by atoms with van der Waals surface area (Å²) in [6.45, 7) is 9.57. The molecule has 3 heteroatoms. The molecule has 0 saturated heterocycles. The first-order valence-corrected chi connectivity index (χ1v) is 3.84. The van der Waals surface area contributed by atoms with Gasteiger partial charge in [0.2, 0.25) is 0 Å². The Hall–Kier alpha value is -0.310. The molecule has 0 aliphatic carbocycles. The van der Waals surface area contributed by atoms with Crippen LogP contribution in [0.1, 0.15) is 20.3 Å². The van der Waals surface area contributed by atoms with E-state index in [2.05, 4.69) is 42.7 Å². The lowest BCUT2D eigenvalue weighted by Gasteiger charge is -1.99. The number of hydrogen-bond donors (Lipinski definition) is 0. The molecule has 0 bridgehead atoms. The summed E-state index contributed by atoms with van der Waals surface area (Å²) in [5, 5.41) is 0. The van der Waals surface area contributed by atoms with Crippen LogP contribution in [0.15, 0.2) is 12.4 Å². The number of rotatable bonds is 3. The Morgan fingerprint density at radius 3 is 2.27 bits per heavy atom. The Kier molecular flexibility index (Phi) is 5.20. The monoisotopic (exact) mass is 217 g/mol. The number of halogens is 1. The zero-order valence-corrected chi connectivity index (χ0v) is 8.63. The third-order valence-electron chi connectivity index (χ3n) is 1.49. The SMILES string of the molecule is CCCN1[C+]N(CC)C=C1.[Br-]. The van der Waals surface area contributed by atoms with E-state index in [1.807, 2.05) is 0 Å². The second-order valence-corrected chi connectivity index (χ2v) is 2.38. The van der Waals surface area contributed by atoms with Crippen LogP contribution in [0.25, 0.3) is 0 Å². The van der Waals surface area contributed by atoms with Crippen LogP contribution in [0.5, 0.6) is 0 Å². The second kappa shape index (κ2) is 5.35. The van der Waals surface area contributed by atoms with Gasteiger partial charge in [0.15, 0.2) is 0 Å². The molecule has 0 N–H and O–H groups in total. The highest BCUT2D eigenvalue weighted by Crippen LogP contribution is 2.09. The van der Waals surface area contributed by atoms with E-state index < -0.39 is 0 Å². The van der Waals surface area contributed by atoms with E-state index in [1.54, 1.807) is 0 Å². The summed E-state index contributed by atoms with van der Waals surface area (Å²) < 4.78 is 0. The van der Waals surface area contributed by atoms with E-state index in [-0.39, 0.29) is 17.0 Å². The maximum Gasteiger partial charge on any atom is 0.564 e. The van der Waals surface area contributed by atoms with Crippen LogP contribution in [0.3, 0.4) is 0 Å². The third-order valence-corrected chi connectivity index (χ3v) is 1.49. The summed E-state index contributed by atoms with van der Waals surface area (Å²) in [5.41, 5.74) is 0. The predicted molar refractivity (Wildman–Crippen MR) is 41.8 cm³/mol. The Labute approximate surface area is 79.6 Å². The van der Waals surface area contributed by atoms with Crippen molar-refractivity contribution in [3.05, 3.63) is 19.1 Å². The van der Waals surface area contributed by atoms with Crippen molar-refractivity contribution < 1.29 is 17.0 Å². The lowest BCUT2D eigenvalue weighted by molar-refractivity contribution is -0.00000223. The molecule has 1 radical (unpaired) electrons. The summed E-state index contributed by atoms with van der Waals surface area (Å²) in [4.78, 5) is 4.14. The van der Waals surface area contributed by atoms with Gasteiger partial charge in [0.1, 0.15) is 0 Å². The molecule has 1 aliphatic rings. The topological polar surface area (TPSA) is 6.48 Å². The highest BCUT2D eigenvalue weighted by Gasteiger charge is 2.28. The van der Waals surface area contributed by atoms with Gasteiger partial charge < -0.3 is 17.0 Å². The van der Waals surface area contributed by atoms with Crippen molar-refractivity contribution >= 4 is 0 Å². The van der Waals surface area contributed by atoms with Gasteiger partial charge in [-0.25, -0.2) is 0 Å². The minimum Gasteiger partial charge on any atom is -1.00 e. The molecule has 0 amide bonds. The highest BCUT2D eigenvalue weighted by atomic mass is 79.9. The average Bonchev–Trinajstić information content (AvgIpc) is 2.37. The van der Waals surface area contributed by atoms with E-state index in [4.69, 9.17) is 0 Å². The molecule has 0 unspecified atom stereocenters. The summed E-state index contributed by atoms with van der Waals surface area (Å²) in [7, 11) is 0. The maximum absolute atomic E-state index is 3.20. The van der Waals surface area contributed by atoms with Crippen molar-refractivity contribution in [2.24, 2.45) is 0 Å². The smallest absolute Gasteiger partial charge is 0.564 e. The molecule has 0 saturated carbocycles. The number of nitrogens with zero attached hydrogens (tertiary/aromatic N) is 2. The average molecular weight is 218 g/mol. The van der Waals surface area contributed by atoms with E-state index in [0.717, 1.165) is 13.1 Å². The molecular weight excluding hydrogens is 204 g/mol. The predicted octanol–water partition coefficient (Wildman–Crippen LogP) is -1.49. The molecule has 0 atom stereocenters. The minimum absolute atomic E-state index is 0. The molecule has 0 aromatic rings. The third kappa shape index (κ3) is 3.06. The summed E-state index contributed by atoms with van der Waals surface area (Å²) in [6.07, 6.45) is 5.29. The van der Waals surface area contributed by atoms with Crippen LogP contribution < -0.4 is 17.0 Å². The van der Waals surface area contributed by atoms with Crippen LogP contribution in [0.4, 0.5) is 0 Å². The summed E-state index contributed by atoms with van der Waals surface area (Å²) in [6, 6.07) is 0. The van der Waals surface area contributed by atoms with Gasteiger partial charge in [-0.05, 0) is 13.3 Å². The van der Waals surface area contributed by atoms with Crippen LogP contribution in [-0.2, 0) is 0 Å². The maximum atomic E-state index is 3.20. The van der Waals surface area contributed by atoms with Crippen molar-refractivity contribution in [2.75, 3.05) is 13.1 Å². The number of hydrogen-bond acceptors (Lipinski definition) is 2. The fraction of sp³-hybridized carbons (Fsp3) is 0.625. The van der Waals surface area contributed by atoms with Crippen molar-refractivity contribution in [3.63, 3.8) is 0 Å². The van der Waals surface area contributed by atoms with Gasteiger partial charge in [-0.3, -0.25) is 0 Å². The van der Waals surface area contributed by atoms with Crippen molar-refractivity contribution in [3.8, 4) is 0 Å². The summed E-state index contributed by atoms with van der Waals surface area (Å²) >= 11 is 0. The Balaban J connectivity index is 0.000001000. The molecule has 63 valence electrons. The van der Waals surface area contributed by atoms with Crippen LogP contribution in [-0.4, -0.2) is 22.9 Å². The van der Waals surface area contributed by atoms with E-state index >= 15 is 0 Å². The lowest BCUT2D eigenvalue weighted by atomic mass is 10.4. The van der Waals surface area contributed by atoms with Gasteiger partial charge in [0.05, 0.1) is 25.5 Å². The fourth-order valence-electron chi connectivity index (χ4n) is 0.934. The van der Waals surface area contributed by atoms with E-state index in [0.29, 0.717) is 0 Å². The van der Waals surface area contributed by atoms with Gasteiger partial charge in [-0.2, -0.15) is 0 Å². The molecule has 0 aromatic carbocycles. The summed E-state index contributed by atoms with van der Waals surface area (Å²) in [5.74, 6) is 0. The van der Waals surface area contributed by atoms with Gasteiger partial charge in [-0.15, -0.1) is 9.80 Å². The largest absolute Gasteiger partial charge is 1.00 e. The van der Waals surface area contributed by atoms with Crippen molar-refractivity contribution in [1.82, 2.24) is 9.80 Å². The molecular formula is C8H14BrN2. The van der Waals surface area contributed by atoms with E-state index in [9.17, 15) is 0 Å². The molecule has 11 heavy (non-hydrogen) atoms. The first-order valence-electron chi connectivity index (χ1n) is 3.84. The molecule has 0 aromatic heterocycles. The molecule has 2 nitrogen and oxygen atoms in total. The quantitative estimate of drug-likeness (QED) is 0.532. The van der Waals surface area contributed by atoms with Crippen LogP contribution >= 0.6 is 0 Å². The Morgan fingerprint density at radius 1 is 1.18 bits per heavy atom. The van der Waals surface area contributed by atoms with Gasteiger partial charge in [0.25, 0.3) is 0 Å². The van der Waals surface area contributed by atoms with E-state index in [1.165, 1.54) is 6.42 Å². The fourth-order valence-corrected chi connectivity index (χ4v) is 0.934. The molecule has 0 spiro atoms. The normalized spacial score (nSPS) is 14.7. The molecule has 1 rings (SSSR count). The van der Waals surface area contributed by atoms with Crippen LogP contribution in [0, 0.1) is 6.67 Å². The molecule has 1 heterocycles. The highest BCUT2D eigenvalue weighted by molar-refractivity contribution is 4.96. The van der Waals surface area contributed by atoms with Crippen LogP contribution in [0.2, 0.25) is 0 Å².